The second-order valence-electron chi connectivity index (χ2n) is 10.6. The van der Waals surface area contributed by atoms with Gasteiger partial charge < -0.3 is 15.0 Å². The van der Waals surface area contributed by atoms with E-state index >= 15 is 0 Å². The average Bonchev–Trinajstić information content (AvgIpc) is 2.92. The van der Waals surface area contributed by atoms with Gasteiger partial charge in [0, 0.05) is 56.8 Å². The molecule has 1 aromatic rings. The van der Waals surface area contributed by atoms with Crippen LogP contribution in [-0.4, -0.2) is 79.5 Å². The van der Waals surface area contributed by atoms with Crippen LogP contribution in [0.3, 0.4) is 0 Å². The van der Waals surface area contributed by atoms with Crippen LogP contribution in [0.4, 0.5) is 5.69 Å². The summed E-state index contributed by atoms with van der Waals surface area (Å²) in [7, 11) is 1.77. The second-order valence-corrected chi connectivity index (χ2v) is 10.6. The zero-order valence-corrected chi connectivity index (χ0v) is 23.8. The number of hydrogen-bond donors (Lipinski definition) is 1. The monoisotopic (exact) mass is 523 g/mol. The van der Waals surface area contributed by atoms with Crippen molar-refractivity contribution in [1.29, 1.82) is 0 Å². The van der Waals surface area contributed by atoms with Crippen molar-refractivity contribution in [3.8, 4) is 5.75 Å². The number of benzene rings is 1. The number of hydrogen-bond acceptors (Lipinski definition) is 6. The quantitative estimate of drug-likeness (QED) is 0.444. The highest BCUT2D eigenvalue weighted by Crippen LogP contribution is 2.33. The van der Waals surface area contributed by atoms with E-state index in [1.165, 1.54) is 0 Å². The van der Waals surface area contributed by atoms with E-state index in [0.29, 0.717) is 43.2 Å². The number of ether oxygens (including phenoxy) is 1. The third kappa shape index (κ3) is 6.90. The van der Waals surface area contributed by atoms with Crippen LogP contribution in [0.5, 0.6) is 5.75 Å². The molecule has 8 heteroatoms. The molecule has 1 aliphatic heterocycles. The lowest BCUT2D eigenvalue weighted by Crippen LogP contribution is -2.55. The summed E-state index contributed by atoms with van der Waals surface area (Å²) in [5.74, 6) is 0.968. The molecule has 1 aliphatic carbocycles. The van der Waals surface area contributed by atoms with Gasteiger partial charge in [-0.1, -0.05) is 39.8 Å². The molecule has 1 N–H and O–H groups in total. The van der Waals surface area contributed by atoms with Crippen LogP contribution in [0.1, 0.15) is 70.2 Å². The van der Waals surface area contributed by atoms with Crippen molar-refractivity contribution in [2.45, 2.75) is 71.9 Å². The van der Waals surface area contributed by atoms with Crippen molar-refractivity contribution < 1.29 is 14.3 Å². The number of carbonyl (C=O) groups is 2. The first-order valence-corrected chi connectivity index (χ1v) is 13.9. The lowest BCUT2D eigenvalue weighted by Gasteiger charge is -2.40. The molecule has 0 bridgehead atoms. The zero-order valence-electron chi connectivity index (χ0n) is 23.8. The van der Waals surface area contributed by atoms with Crippen LogP contribution in [0.15, 0.2) is 40.3 Å². The number of piperazine rings is 1. The van der Waals surface area contributed by atoms with E-state index in [0.717, 1.165) is 43.5 Å². The predicted octanol–water partition coefficient (Wildman–Crippen LogP) is 4.87. The van der Waals surface area contributed by atoms with Crippen LogP contribution in [0.25, 0.3) is 0 Å². The summed E-state index contributed by atoms with van der Waals surface area (Å²) in [4.78, 5) is 38.9. The lowest BCUT2D eigenvalue weighted by atomic mass is 9.81. The van der Waals surface area contributed by atoms with Crippen molar-refractivity contribution in [2.24, 2.45) is 21.8 Å². The van der Waals surface area contributed by atoms with E-state index in [9.17, 15) is 9.59 Å². The number of amides is 2. The molecule has 0 radical (unpaired) electrons. The predicted molar refractivity (Wildman–Crippen MR) is 155 cm³/mol. The van der Waals surface area contributed by atoms with Gasteiger partial charge in [-0.05, 0) is 56.5 Å². The van der Waals surface area contributed by atoms with E-state index in [4.69, 9.17) is 4.74 Å². The molecular formula is C30H45N5O3. The van der Waals surface area contributed by atoms with Gasteiger partial charge in [0.05, 0.1) is 5.56 Å². The molecule has 2 fully saturated rings. The average molecular weight is 524 g/mol. The molecule has 3 unspecified atom stereocenters. The van der Waals surface area contributed by atoms with Gasteiger partial charge in [-0.25, -0.2) is 0 Å². The summed E-state index contributed by atoms with van der Waals surface area (Å²) in [5, 5.41) is 3.15. The second kappa shape index (κ2) is 13.7. The van der Waals surface area contributed by atoms with Crippen molar-refractivity contribution >= 4 is 29.9 Å². The van der Waals surface area contributed by atoms with Crippen molar-refractivity contribution in [3.05, 3.63) is 35.9 Å². The minimum absolute atomic E-state index is 0.0200. The number of nitrogens with zero attached hydrogens (tertiary/aromatic N) is 4. The Labute approximate surface area is 228 Å². The number of carbonyl (C=O) groups excluding carboxylic acids is 2. The summed E-state index contributed by atoms with van der Waals surface area (Å²) in [6.45, 7) is 18.8. The van der Waals surface area contributed by atoms with Gasteiger partial charge in [-0.3, -0.25) is 24.5 Å². The molecule has 208 valence electrons. The molecule has 0 spiro atoms. The van der Waals surface area contributed by atoms with E-state index in [1.807, 2.05) is 17.0 Å². The molecule has 38 heavy (non-hydrogen) atoms. The standard InChI is InChI=1S/C30H45N5O3/c1-8-11-23(9-2)30(37)34-14-15-35(21(4)18-34)19-38-27-13-10-12-25(28(27)32-7)29(36)33-24-16-20(3)22(5)26(17-24)31-6/h10,12-13,20-21,23-24H,5,7-9,11,14-19H2,1-4,6H3,(H,33,36)/t20?,21-,23?,24?/m0/s1. The summed E-state index contributed by atoms with van der Waals surface area (Å²) in [6, 6.07) is 5.52. The Balaban J connectivity index is 1.62. The number of rotatable bonds is 10. The SMILES string of the molecule is C=Nc1c(OCN2CCN(C(=O)C(CC)CCC)C[C@@H]2C)cccc1C(=O)NC1CC(=NC)C(=C)C(C)C1. The molecule has 0 aromatic heterocycles. The van der Waals surface area contributed by atoms with Crippen molar-refractivity contribution in [2.75, 3.05) is 33.4 Å². The van der Waals surface area contributed by atoms with Crippen LogP contribution in [0.2, 0.25) is 0 Å². The molecule has 8 nitrogen and oxygen atoms in total. The van der Waals surface area contributed by atoms with Gasteiger partial charge in [-0.2, -0.15) is 0 Å². The Kier molecular flexibility index (Phi) is 10.6. The van der Waals surface area contributed by atoms with Gasteiger partial charge in [-0.15, -0.1) is 0 Å². The Hall–Kier alpha value is -3.00. The fourth-order valence-corrected chi connectivity index (χ4v) is 5.54. The molecular weight excluding hydrogens is 478 g/mol. The third-order valence-electron chi connectivity index (χ3n) is 7.99. The maximum Gasteiger partial charge on any atom is 0.253 e. The molecule has 1 aromatic carbocycles. The van der Waals surface area contributed by atoms with Gasteiger partial charge in [0.25, 0.3) is 5.91 Å². The lowest BCUT2D eigenvalue weighted by molar-refractivity contribution is -0.139. The molecule has 1 saturated heterocycles. The Morgan fingerprint density at radius 1 is 1.24 bits per heavy atom. The smallest absolute Gasteiger partial charge is 0.253 e. The van der Waals surface area contributed by atoms with Crippen molar-refractivity contribution in [3.63, 3.8) is 0 Å². The minimum Gasteiger partial charge on any atom is -0.476 e. The van der Waals surface area contributed by atoms with E-state index < -0.39 is 0 Å². The summed E-state index contributed by atoms with van der Waals surface area (Å²) in [5.41, 5.74) is 2.89. The van der Waals surface area contributed by atoms with E-state index in [1.54, 1.807) is 13.1 Å². The molecule has 1 saturated carbocycles. The first-order valence-electron chi connectivity index (χ1n) is 13.9. The van der Waals surface area contributed by atoms with E-state index in [2.05, 4.69) is 61.2 Å². The highest BCUT2D eigenvalue weighted by Gasteiger charge is 2.31. The normalized spacial score (nSPS) is 24.2. The first kappa shape index (κ1) is 29.6. The Bertz CT molecular complexity index is 1050. The van der Waals surface area contributed by atoms with Crippen molar-refractivity contribution in [1.82, 2.24) is 15.1 Å². The highest BCUT2D eigenvalue weighted by molar-refractivity contribution is 6.03. The molecule has 2 aliphatic rings. The number of aliphatic imine (C=N–C) groups is 2. The summed E-state index contributed by atoms with van der Waals surface area (Å²) < 4.78 is 6.17. The summed E-state index contributed by atoms with van der Waals surface area (Å²) >= 11 is 0. The Morgan fingerprint density at radius 3 is 2.63 bits per heavy atom. The molecule has 1 heterocycles. The fourth-order valence-electron chi connectivity index (χ4n) is 5.54. The zero-order chi connectivity index (χ0) is 27.8. The van der Waals surface area contributed by atoms with Crippen LogP contribution in [0, 0.1) is 11.8 Å². The van der Waals surface area contributed by atoms with Gasteiger partial charge >= 0.3 is 0 Å². The van der Waals surface area contributed by atoms with Crippen LogP contribution >= 0.6 is 0 Å². The van der Waals surface area contributed by atoms with Gasteiger partial charge in [0.1, 0.15) is 18.2 Å². The van der Waals surface area contributed by atoms with Crippen LogP contribution < -0.4 is 10.1 Å². The molecule has 4 atom stereocenters. The topological polar surface area (TPSA) is 86.6 Å². The summed E-state index contributed by atoms with van der Waals surface area (Å²) in [6.07, 6.45) is 4.33. The van der Waals surface area contributed by atoms with Crippen LogP contribution in [-0.2, 0) is 4.79 Å². The Morgan fingerprint density at radius 2 is 2.00 bits per heavy atom. The number of para-hydroxylation sites is 1. The fraction of sp³-hybridized carbons (Fsp3) is 0.600. The van der Waals surface area contributed by atoms with E-state index in [-0.39, 0.29) is 35.7 Å². The number of allylic oxidation sites excluding steroid dienone is 1. The largest absolute Gasteiger partial charge is 0.476 e. The molecule has 2 amide bonds. The first-order chi connectivity index (χ1) is 18.2. The third-order valence-corrected chi connectivity index (χ3v) is 7.99. The number of nitrogens with one attached hydrogen (secondary N) is 1. The molecule has 3 rings (SSSR count). The maximum atomic E-state index is 13.2. The maximum absolute atomic E-state index is 13.2. The van der Waals surface area contributed by atoms with Gasteiger partial charge in [0.15, 0.2) is 0 Å². The minimum atomic E-state index is -0.198. The highest BCUT2D eigenvalue weighted by atomic mass is 16.5. The van der Waals surface area contributed by atoms with Gasteiger partial charge in [0.2, 0.25) is 5.91 Å².